The molecule has 4 nitrogen and oxygen atoms in total. The maximum atomic E-state index is 11.7. The highest BCUT2D eigenvalue weighted by molar-refractivity contribution is 5.91. The second-order valence-corrected chi connectivity index (χ2v) is 4.93. The summed E-state index contributed by atoms with van der Waals surface area (Å²) < 4.78 is 10.7. The predicted octanol–water partition coefficient (Wildman–Crippen LogP) is 3.31. The summed E-state index contributed by atoms with van der Waals surface area (Å²) in [7, 11) is 0. The average molecular weight is 273 g/mol. The molecule has 0 aliphatic heterocycles. The van der Waals surface area contributed by atoms with Gasteiger partial charge < -0.3 is 14.5 Å². The second kappa shape index (κ2) is 6.28. The molecule has 0 aliphatic carbocycles. The van der Waals surface area contributed by atoms with E-state index in [-0.39, 0.29) is 12.0 Å². The standard InChI is InChI=1S/C16H19NO3/c1-11(2)20-14-7-6-13(9-12(14)3)10-17-16(18)15-5-4-8-19-15/h4-9,11H,10H2,1-3H3,(H,17,18). The molecule has 0 saturated carbocycles. The molecule has 0 radical (unpaired) electrons. The van der Waals surface area contributed by atoms with E-state index in [0.29, 0.717) is 12.3 Å². The van der Waals surface area contributed by atoms with E-state index in [9.17, 15) is 4.79 Å². The summed E-state index contributed by atoms with van der Waals surface area (Å²) in [5, 5.41) is 2.82. The Hall–Kier alpha value is -2.23. The average Bonchev–Trinajstić information content (AvgIpc) is 2.92. The zero-order valence-corrected chi connectivity index (χ0v) is 12.0. The van der Waals surface area contributed by atoms with Crippen LogP contribution in [-0.2, 0) is 6.54 Å². The SMILES string of the molecule is Cc1cc(CNC(=O)c2ccco2)ccc1OC(C)C. The number of nitrogens with one attached hydrogen (secondary N) is 1. The molecule has 1 aromatic carbocycles. The first-order valence-electron chi connectivity index (χ1n) is 6.64. The van der Waals surface area contributed by atoms with Crippen molar-refractivity contribution < 1.29 is 13.9 Å². The number of rotatable bonds is 5. The Morgan fingerprint density at radius 3 is 2.75 bits per heavy atom. The third kappa shape index (κ3) is 3.63. The normalized spacial score (nSPS) is 10.6. The molecule has 0 atom stereocenters. The minimum Gasteiger partial charge on any atom is -0.491 e. The Labute approximate surface area is 118 Å². The number of furan rings is 1. The van der Waals surface area contributed by atoms with Gasteiger partial charge in [-0.25, -0.2) is 0 Å². The third-order valence-corrected chi connectivity index (χ3v) is 2.80. The zero-order chi connectivity index (χ0) is 14.5. The van der Waals surface area contributed by atoms with Gasteiger partial charge in [0, 0.05) is 6.54 Å². The summed E-state index contributed by atoms with van der Waals surface area (Å²) in [4.78, 5) is 11.7. The maximum Gasteiger partial charge on any atom is 0.287 e. The van der Waals surface area contributed by atoms with Crippen molar-refractivity contribution in [1.82, 2.24) is 5.32 Å². The number of hydrogen-bond acceptors (Lipinski definition) is 3. The number of hydrogen-bond donors (Lipinski definition) is 1. The van der Waals surface area contributed by atoms with Crippen molar-refractivity contribution in [3.63, 3.8) is 0 Å². The van der Waals surface area contributed by atoms with Gasteiger partial charge in [0.15, 0.2) is 5.76 Å². The Bertz CT molecular complexity index is 573. The van der Waals surface area contributed by atoms with Gasteiger partial charge in [-0.1, -0.05) is 12.1 Å². The molecule has 106 valence electrons. The van der Waals surface area contributed by atoms with E-state index in [0.717, 1.165) is 16.9 Å². The lowest BCUT2D eigenvalue weighted by Gasteiger charge is -2.13. The van der Waals surface area contributed by atoms with E-state index >= 15 is 0 Å². The minimum absolute atomic E-state index is 0.151. The summed E-state index contributed by atoms with van der Waals surface area (Å²) in [6.07, 6.45) is 1.63. The van der Waals surface area contributed by atoms with Gasteiger partial charge >= 0.3 is 0 Å². The Kier molecular flexibility index (Phi) is 4.45. The van der Waals surface area contributed by atoms with Crippen LogP contribution in [0.2, 0.25) is 0 Å². The lowest BCUT2D eigenvalue weighted by Crippen LogP contribution is -2.22. The van der Waals surface area contributed by atoms with Crippen LogP contribution in [0.15, 0.2) is 41.0 Å². The van der Waals surface area contributed by atoms with Crippen molar-refractivity contribution in [3.05, 3.63) is 53.5 Å². The number of carbonyl (C=O) groups excluding carboxylic acids is 1. The van der Waals surface area contributed by atoms with Crippen LogP contribution in [0, 0.1) is 6.92 Å². The third-order valence-electron chi connectivity index (χ3n) is 2.80. The fourth-order valence-corrected chi connectivity index (χ4v) is 1.88. The van der Waals surface area contributed by atoms with E-state index in [1.165, 1.54) is 6.26 Å². The fraction of sp³-hybridized carbons (Fsp3) is 0.312. The van der Waals surface area contributed by atoms with Gasteiger partial charge in [-0.3, -0.25) is 4.79 Å². The topological polar surface area (TPSA) is 51.5 Å². The molecule has 0 aliphatic rings. The molecule has 1 heterocycles. The molecule has 1 N–H and O–H groups in total. The maximum absolute atomic E-state index is 11.7. The molecule has 0 spiro atoms. The van der Waals surface area contributed by atoms with Crippen molar-refractivity contribution >= 4 is 5.91 Å². The smallest absolute Gasteiger partial charge is 0.287 e. The van der Waals surface area contributed by atoms with Crippen molar-refractivity contribution in [2.24, 2.45) is 0 Å². The molecule has 0 fully saturated rings. The Balaban J connectivity index is 1.97. The summed E-state index contributed by atoms with van der Waals surface area (Å²) in [5.41, 5.74) is 2.09. The molecule has 20 heavy (non-hydrogen) atoms. The van der Waals surface area contributed by atoms with Crippen LogP contribution in [-0.4, -0.2) is 12.0 Å². The molecular weight excluding hydrogens is 254 g/mol. The lowest BCUT2D eigenvalue weighted by molar-refractivity contribution is 0.0923. The van der Waals surface area contributed by atoms with Gasteiger partial charge in [0.25, 0.3) is 5.91 Å². The van der Waals surface area contributed by atoms with Gasteiger partial charge in [-0.15, -0.1) is 0 Å². The Morgan fingerprint density at radius 2 is 2.15 bits per heavy atom. The van der Waals surface area contributed by atoms with Crippen LogP contribution in [0.5, 0.6) is 5.75 Å². The zero-order valence-electron chi connectivity index (χ0n) is 12.0. The number of amides is 1. The molecule has 0 unspecified atom stereocenters. The van der Waals surface area contributed by atoms with Crippen molar-refractivity contribution in [2.75, 3.05) is 0 Å². The molecule has 0 bridgehead atoms. The van der Waals surface area contributed by atoms with Crippen LogP contribution in [0.1, 0.15) is 35.5 Å². The first-order chi connectivity index (χ1) is 9.56. The van der Waals surface area contributed by atoms with Gasteiger partial charge in [-0.2, -0.15) is 0 Å². The molecule has 1 aromatic heterocycles. The highest BCUT2D eigenvalue weighted by Gasteiger charge is 2.08. The largest absolute Gasteiger partial charge is 0.491 e. The monoisotopic (exact) mass is 273 g/mol. The highest BCUT2D eigenvalue weighted by Crippen LogP contribution is 2.20. The Morgan fingerprint density at radius 1 is 1.35 bits per heavy atom. The van der Waals surface area contributed by atoms with Crippen LogP contribution < -0.4 is 10.1 Å². The number of benzene rings is 1. The van der Waals surface area contributed by atoms with Crippen molar-refractivity contribution in [1.29, 1.82) is 0 Å². The van der Waals surface area contributed by atoms with Gasteiger partial charge in [-0.05, 0) is 50.1 Å². The van der Waals surface area contributed by atoms with Crippen LogP contribution in [0.4, 0.5) is 0 Å². The number of carbonyl (C=O) groups is 1. The van der Waals surface area contributed by atoms with Crippen LogP contribution in [0.3, 0.4) is 0 Å². The van der Waals surface area contributed by atoms with Crippen LogP contribution in [0.25, 0.3) is 0 Å². The van der Waals surface area contributed by atoms with Crippen molar-refractivity contribution in [2.45, 2.75) is 33.4 Å². The quantitative estimate of drug-likeness (QED) is 0.909. The number of ether oxygens (including phenoxy) is 1. The fourth-order valence-electron chi connectivity index (χ4n) is 1.88. The predicted molar refractivity (Wildman–Crippen MR) is 76.8 cm³/mol. The van der Waals surface area contributed by atoms with E-state index in [1.807, 2.05) is 39.0 Å². The summed E-state index contributed by atoms with van der Waals surface area (Å²) in [6.45, 7) is 6.45. The lowest BCUT2D eigenvalue weighted by atomic mass is 10.1. The summed E-state index contributed by atoms with van der Waals surface area (Å²) >= 11 is 0. The number of aryl methyl sites for hydroxylation is 1. The van der Waals surface area contributed by atoms with E-state index < -0.39 is 0 Å². The minimum atomic E-state index is -0.213. The van der Waals surface area contributed by atoms with Crippen LogP contribution >= 0.6 is 0 Å². The molecule has 2 rings (SSSR count). The summed E-state index contributed by atoms with van der Waals surface area (Å²) in [6, 6.07) is 9.23. The first kappa shape index (κ1) is 14.2. The second-order valence-electron chi connectivity index (χ2n) is 4.93. The van der Waals surface area contributed by atoms with E-state index in [2.05, 4.69) is 5.32 Å². The highest BCUT2D eigenvalue weighted by atomic mass is 16.5. The summed E-state index contributed by atoms with van der Waals surface area (Å²) in [5.74, 6) is 0.984. The van der Waals surface area contributed by atoms with Gasteiger partial charge in [0.2, 0.25) is 0 Å². The molecular formula is C16H19NO3. The first-order valence-corrected chi connectivity index (χ1v) is 6.64. The van der Waals surface area contributed by atoms with Gasteiger partial charge in [0.05, 0.1) is 12.4 Å². The van der Waals surface area contributed by atoms with E-state index in [4.69, 9.17) is 9.15 Å². The van der Waals surface area contributed by atoms with Crippen molar-refractivity contribution in [3.8, 4) is 5.75 Å². The molecule has 1 amide bonds. The van der Waals surface area contributed by atoms with E-state index in [1.54, 1.807) is 12.1 Å². The van der Waals surface area contributed by atoms with Gasteiger partial charge in [0.1, 0.15) is 5.75 Å². The molecule has 0 saturated heterocycles. The molecule has 2 aromatic rings. The molecule has 4 heteroatoms.